The van der Waals surface area contributed by atoms with Crippen LogP contribution >= 0.6 is 0 Å². The third-order valence-electron chi connectivity index (χ3n) is 4.91. The Morgan fingerprint density at radius 2 is 2.00 bits per heavy atom. The number of nitrogens with zero attached hydrogens (tertiary/aromatic N) is 1. The first kappa shape index (κ1) is 21.5. The van der Waals surface area contributed by atoms with E-state index in [-0.39, 0.29) is 11.8 Å². The van der Waals surface area contributed by atoms with Crippen LogP contribution in [-0.4, -0.2) is 38.7 Å². The van der Waals surface area contributed by atoms with Crippen molar-refractivity contribution in [1.82, 2.24) is 10.6 Å². The minimum absolute atomic E-state index is 0.0455. The molecule has 30 heavy (non-hydrogen) atoms. The molecule has 1 aliphatic heterocycles. The summed E-state index contributed by atoms with van der Waals surface area (Å²) in [5.41, 5.74) is 3.07. The molecule has 3 N–H and O–H groups in total. The number of hydrogen-bond acceptors (Lipinski definition) is 4. The summed E-state index contributed by atoms with van der Waals surface area (Å²) >= 11 is 0. The first-order valence-electron chi connectivity index (χ1n) is 10.3. The maximum Gasteiger partial charge on any atom is 0.225 e. The molecule has 7 heteroatoms. The van der Waals surface area contributed by atoms with Gasteiger partial charge in [-0.2, -0.15) is 0 Å². The van der Waals surface area contributed by atoms with E-state index >= 15 is 0 Å². The Kier molecular flexibility index (Phi) is 7.54. The topological polar surface area (TPSA) is 84.0 Å². The maximum absolute atomic E-state index is 12.0. The highest BCUT2D eigenvalue weighted by Gasteiger charge is 2.24. The molecule has 0 radical (unpaired) electrons. The molecular weight excluding hydrogens is 380 g/mol. The van der Waals surface area contributed by atoms with Crippen LogP contribution < -0.4 is 25.4 Å². The van der Waals surface area contributed by atoms with Crippen LogP contribution in [0.5, 0.6) is 11.5 Å². The number of rotatable bonds is 8. The van der Waals surface area contributed by atoms with E-state index in [1.165, 1.54) is 0 Å². The van der Waals surface area contributed by atoms with Gasteiger partial charge in [-0.05, 0) is 43.2 Å². The number of amides is 1. The monoisotopic (exact) mass is 410 g/mol. The molecule has 1 atom stereocenters. The maximum atomic E-state index is 12.0. The van der Waals surface area contributed by atoms with Gasteiger partial charge in [-0.1, -0.05) is 24.3 Å². The fourth-order valence-corrected chi connectivity index (χ4v) is 3.50. The smallest absolute Gasteiger partial charge is 0.225 e. The standard InChI is InChI=1S/C23H30N4O3/c1-4-24-23(25-14-16-10-11-20(29-3)21(12-16)30-5-2)26-15-17-13-22(28)27-19-9-7-6-8-18(17)19/h6-12,17H,4-5,13-15H2,1-3H3,(H,27,28)(H2,24,25,26). The van der Waals surface area contributed by atoms with Crippen molar-refractivity contribution in [3.8, 4) is 11.5 Å². The minimum Gasteiger partial charge on any atom is -0.493 e. The van der Waals surface area contributed by atoms with Crippen molar-refractivity contribution in [2.45, 2.75) is 32.7 Å². The number of para-hydroxylation sites is 1. The molecule has 1 aliphatic rings. The molecule has 2 aromatic carbocycles. The summed E-state index contributed by atoms with van der Waals surface area (Å²) in [4.78, 5) is 16.7. The summed E-state index contributed by atoms with van der Waals surface area (Å²) in [7, 11) is 1.63. The Labute approximate surface area is 177 Å². The number of hydrogen-bond donors (Lipinski definition) is 3. The van der Waals surface area contributed by atoms with Crippen molar-refractivity contribution >= 4 is 17.6 Å². The molecule has 2 aromatic rings. The molecule has 0 aromatic heterocycles. The Morgan fingerprint density at radius 1 is 1.17 bits per heavy atom. The van der Waals surface area contributed by atoms with E-state index in [0.29, 0.717) is 31.9 Å². The normalized spacial score (nSPS) is 15.8. The van der Waals surface area contributed by atoms with Gasteiger partial charge >= 0.3 is 0 Å². The van der Waals surface area contributed by atoms with E-state index in [4.69, 9.17) is 14.5 Å². The quantitative estimate of drug-likeness (QED) is 0.459. The van der Waals surface area contributed by atoms with Crippen molar-refractivity contribution in [2.24, 2.45) is 4.99 Å². The third kappa shape index (κ3) is 5.43. The first-order valence-corrected chi connectivity index (χ1v) is 10.3. The Bertz CT molecular complexity index is 898. The van der Waals surface area contributed by atoms with E-state index in [9.17, 15) is 4.79 Å². The van der Waals surface area contributed by atoms with Crippen LogP contribution in [0, 0.1) is 0 Å². The van der Waals surface area contributed by atoms with Gasteiger partial charge in [0.25, 0.3) is 0 Å². The summed E-state index contributed by atoms with van der Waals surface area (Å²) < 4.78 is 11.0. The van der Waals surface area contributed by atoms with Gasteiger partial charge in [-0.3, -0.25) is 4.79 Å². The van der Waals surface area contributed by atoms with Crippen LogP contribution in [0.4, 0.5) is 5.69 Å². The molecular formula is C23H30N4O3. The predicted molar refractivity (Wildman–Crippen MR) is 119 cm³/mol. The largest absolute Gasteiger partial charge is 0.493 e. The highest BCUT2D eigenvalue weighted by molar-refractivity contribution is 5.94. The minimum atomic E-state index is 0.0455. The average molecular weight is 411 g/mol. The second-order valence-electron chi connectivity index (χ2n) is 7.03. The Morgan fingerprint density at radius 3 is 2.77 bits per heavy atom. The molecule has 0 saturated heterocycles. The highest BCUT2D eigenvalue weighted by atomic mass is 16.5. The lowest BCUT2D eigenvalue weighted by Gasteiger charge is -2.26. The number of benzene rings is 2. The number of carbonyl (C=O) groups is 1. The van der Waals surface area contributed by atoms with Crippen molar-refractivity contribution in [3.63, 3.8) is 0 Å². The number of carbonyl (C=O) groups excluding carboxylic acids is 1. The lowest BCUT2D eigenvalue weighted by molar-refractivity contribution is -0.116. The average Bonchev–Trinajstić information content (AvgIpc) is 2.75. The van der Waals surface area contributed by atoms with E-state index in [1.54, 1.807) is 7.11 Å². The van der Waals surface area contributed by atoms with Gasteiger partial charge in [-0.15, -0.1) is 0 Å². The third-order valence-corrected chi connectivity index (χ3v) is 4.91. The van der Waals surface area contributed by atoms with Gasteiger partial charge in [0.1, 0.15) is 0 Å². The zero-order valence-corrected chi connectivity index (χ0v) is 17.8. The molecule has 0 spiro atoms. The fourth-order valence-electron chi connectivity index (χ4n) is 3.50. The zero-order chi connectivity index (χ0) is 21.3. The van der Waals surface area contributed by atoms with Crippen molar-refractivity contribution in [3.05, 3.63) is 53.6 Å². The Hall–Kier alpha value is -3.22. The number of guanidine groups is 1. The van der Waals surface area contributed by atoms with E-state index in [1.807, 2.05) is 50.2 Å². The second-order valence-corrected chi connectivity index (χ2v) is 7.03. The molecule has 3 rings (SSSR count). The fraction of sp³-hybridized carbons (Fsp3) is 0.391. The van der Waals surface area contributed by atoms with E-state index < -0.39 is 0 Å². The van der Waals surface area contributed by atoms with Crippen LogP contribution in [0.2, 0.25) is 0 Å². The van der Waals surface area contributed by atoms with Crippen molar-refractivity contribution in [2.75, 3.05) is 32.1 Å². The van der Waals surface area contributed by atoms with Gasteiger partial charge in [0.2, 0.25) is 5.91 Å². The van der Waals surface area contributed by atoms with Crippen LogP contribution in [0.25, 0.3) is 0 Å². The lowest BCUT2D eigenvalue weighted by atomic mass is 9.90. The Balaban J connectivity index is 1.68. The number of nitrogens with one attached hydrogen (secondary N) is 3. The van der Waals surface area contributed by atoms with Gasteiger partial charge in [0, 0.05) is 31.1 Å². The number of aliphatic imine (C=N–C) groups is 1. The van der Waals surface area contributed by atoms with Crippen LogP contribution in [0.15, 0.2) is 47.5 Å². The van der Waals surface area contributed by atoms with E-state index in [2.05, 4.69) is 22.0 Å². The summed E-state index contributed by atoms with van der Waals surface area (Å²) in [5, 5.41) is 9.60. The van der Waals surface area contributed by atoms with Crippen molar-refractivity contribution in [1.29, 1.82) is 0 Å². The van der Waals surface area contributed by atoms with Gasteiger partial charge in [0.15, 0.2) is 17.5 Å². The molecule has 1 unspecified atom stereocenters. The van der Waals surface area contributed by atoms with E-state index in [0.717, 1.165) is 35.1 Å². The van der Waals surface area contributed by atoms with Gasteiger partial charge in [-0.25, -0.2) is 4.99 Å². The number of anilines is 1. The molecule has 0 fully saturated rings. The van der Waals surface area contributed by atoms with Gasteiger partial charge < -0.3 is 25.4 Å². The molecule has 7 nitrogen and oxygen atoms in total. The lowest BCUT2D eigenvalue weighted by Crippen LogP contribution is -2.40. The highest BCUT2D eigenvalue weighted by Crippen LogP contribution is 2.31. The molecule has 0 bridgehead atoms. The van der Waals surface area contributed by atoms with Crippen LogP contribution in [-0.2, 0) is 11.3 Å². The zero-order valence-electron chi connectivity index (χ0n) is 17.8. The van der Waals surface area contributed by atoms with Crippen LogP contribution in [0.3, 0.4) is 0 Å². The number of methoxy groups -OCH3 is 1. The molecule has 1 amide bonds. The summed E-state index contributed by atoms with van der Waals surface area (Å²) in [6.07, 6.45) is 0.458. The summed E-state index contributed by atoms with van der Waals surface area (Å²) in [6, 6.07) is 13.8. The first-order chi connectivity index (χ1) is 14.6. The SMILES string of the molecule is CCNC(=NCc1ccc(OC)c(OCC)c1)NCC1CC(=O)Nc2ccccc21. The molecule has 0 saturated carbocycles. The molecule has 160 valence electrons. The van der Waals surface area contributed by atoms with Gasteiger partial charge in [0.05, 0.1) is 20.3 Å². The molecule has 0 aliphatic carbocycles. The molecule has 1 heterocycles. The number of fused-ring (bicyclic) bond motifs is 1. The summed E-state index contributed by atoms with van der Waals surface area (Å²) in [5.74, 6) is 2.29. The van der Waals surface area contributed by atoms with Crippen molar-refractivity contribution < 1.29 is 14.3 Å². The predicted octanol–water partition coefficient (Wildman–Crippen LogP) is 3.28. The number of ether oxygens (including phenoxy) is 2. The summed E-state index contributed by atoms with van der Waals surface area (Å²) in [6.45, 7) is 6.43. The van der Waals surface area contributed by atoms with Crippen LogP contribution in [0.1, 0.15) is 37.3 Å². The second kappa shape index (κ2) is 10.5.